The van der Waals surface area contributed by atoms with Gasteiger partial charge in [0.1, 0.15) is 5.78 Å². The summed E-state index contributed by atoms with van der Waals surface area (Å²) in [5, 5.41) is 11.0. The first-order valence-corrected chi connectivity index (χ1v) is 10.5. The zero-order valence-corrected chi connectivity index (χ0v) is 16.5. The molecule has 0 aromatic rings. The van der Waals surface area contributed by atoms with Crippen LogP contribution >= 0.6 is 0 Å². The molecule has 0 amide bonds. The Morgan fingerprint density at radius 2 is 1.80 bits per heavy atom. The van der Waals surface area contributed by atoms with Crippen LogP contribution in [0.4, 0.5) is 0 Å². The van der Waals surface area contributed by atoms with Crippen LogP contribution < -0.4 is 0 Å². The minimum absolute atomic E-state index is 0.0911. The van der Waals surface area contributed by atoms with Gasteiger partial charge >= 0.3 is 0 Å². The van der Waals surface area contributed by atoms with E-state index in [0.29, 0.717) is 24.2 Å². The number of fused-ring (bicyclic) bond motifs is 5. The van der Waals surface area contributed by atoms with E-state index in [2.05, 4.69) is 20.8 Å². The van der Waals surface area contributed by atoms with Gasteiger partial charge in [-0.2, -0.15) is 0 Å². The van der Waals surface area contributed by atoms with Gasteiger partial charge in [0.25, 0.3) is 0 Å². The third kappa shape index (κ3) is 2.41. The summed E-state index contributed by atoms with van der Waals surface area (Å²) in [6, 6.07) is 0. The Labute approximate surface area is 152 Å². The molecule has 0 unspecified atom stereocenters. The second kappa shape index (κ2) is 5.79. The maximum Gasteiger partial charge on any atom is 0.138 e. The molecule has 4 rings (SSSR count). The molecule has 0 spiro atoms. The first-order chi connectivity index (χ1) is 11.7. The van der Waals surface area contributed by atoms with Crippen molar-refractivity contribution in [3.8, 4) is 0 Å². The minimum atomic E-state index is -0.499. The van der Waals surface area contributed by atoms with Crippen molar-refractivity contribution in [2.24, 2.45) is 40.4 Å². The number of hydrogen-bond donors (Lipinski definition) is 1. The lowest BCUT2D eigenvalue weighted by Crippen LogP contribution is -2.57. The molecule has 3 nitrogen and oxygen atoms in total. The van der Waals surface area contributed by atoms with Crippen molar-refractivity contribution in [2.75, 3.05) is 13.7 Å². The summed E-state index contributed by atoms with van der Waals surface area (Å²) in [5.41, 5.74) is -0.120. The topological polar surface area (TPSA) is 46.5 Å². The minimum Gasteiger partial charge on any atom is -0.390 e. The summed E-state index contributed by atoms with van der Waals surface area (Å²) in [6.45, 7) is 7.51. The van der Waals surface area contributed by atoms with Crippen molar-refractivity contribution in [3.63, 3.8) is 0 Å². The Bertz CT molecular complexity index is 555. The zero-order valence-electron chi connectivity index (χ0n) is 16.5. The van der Waals surface area contributed by atoms with Crippen LogP contribution in [0.3, 0.4) is 0 Å². The van der Waals surface area contributed by atoms with Gasteiger partial charge in [0.2, 0.25) is 0 Å². The summed E-state index contributed by atoms with van der Waals surface area (Å²) in [6.07, 6.45) is 8.79. The Morgan fingerprint density at radius 1 is 1.08 bits per heavy atom. The van der Waals surface area contributed by atoms with Crippen LogP contribution in [0.5, 0.6) is 0 Å². The molecule has 0 aromatic carbocycles. The van der Waals surface area contributed by atoms with Gasteiger partial charge in [-0.05, 0) is 86.4 Å². The number of Topliss-reactive ketones (excluding diaryl/α,β-unsaturated/α-hetero) is 1. The standard InChI is InChI=1S/C22H36O3/c1-20-12-14(13-25-4)19(23)11-15(20)5-6-16-17(20)7-9-21(2)18(16)8-10-22(21,3)24/h14-18,24H,5-13H2,1-4H3/t14-,15+,16-,17+,18+,20+,21+,22-/m1/s1. The quantitative estimate of drug-likeness (QED) is 0.812. The summed E-state index contributed by atoms with van der Waals surface area (Å²) >= 11 is 0. The fourth-order valence-corrected chi connectivity index (χ4v) is 7.84. The Balaban J connectivity index is 1.62. The molecule has 0 bridgehead atoms. The van der Waals surface area contributed by atoms with Crippen molar-refractivity contribution in [2.45, 2.75) is 77.7 Å². The summed E-state index contributed by atoms with van der Waals surface area (Å²) in [4.78, 5) is 12.5. The van der Waals surface area contributed by atoms with Crippen LogP contribution in [0.2, 0.25) is 0 Å². The molecule has 4 aliphatic carbocycles. The zero-order chi connectivity index (χ0) is 18.0. The molecular weight excluding hydrogens is 312 g/mol. The van der Waals surface area contributed by atoms with Gasteiger partial charge in [0.05, 0.1) is 12.2 Å². The number of ether oxygens (including phenoxy) is 1. The van der Waals surface area contributed by atoms with Gasteiger partial charge in [-0.1, -0.05) is 13.8 Å². The molecule has 3 heteroatoms. The predicted octanol–water partition coefficient (Wildman–Crippen LogP) is 4.22. The van der Waals surface area contributed by atoms with Gasteiger partial charge in [-0.3, -0.25) is 4.79 Å². The SMILES string of the molecule is COC[C@H]1C[C@@]2(C)[C@@H](CC[C@@H]3[C@@H]2CC[C@@]2(C)[C@H]3CC[C@@]2(C)O)CC1=O. The normalized spacial score (nSPS) is 55.4. The fraction of sp³-hybridized carbons (Fsp3) is 0.955. The van der Waals surface area contributed by atoms with Gasteiger partial charge in [-0.25, -0.2) is 0 Å². The molecule has 8 atom stereocenters. The first-order valence-electron chi connectivity index (χ1n) is 10.5. The average Bonchev–Trinajstić information content (AvgIpc) is 2.79. The van der Waals surface area contributed by atoms with E-state index in [0.717, 1.165) is 37.5 Å². The van der Waals surface area contributed by atoms with Crippen molar-refractivity contribution in [1.29, 1.82) is 0 Å². The Kier molecular flexibility index (Phi) is 4.16. The smallest absolute Gasteiger partial charge is 0.138 e. The molecule has 0 saturated heterocycles. The number of hydrogen-bond acceptors (Lipinski definition) is 3. The summed E-state index contributed by atoms with van der Waals surface area (Å²) < 4.78 is 5.37. The van der Waals surface area contributed by atoms with E-state index in [9.17, 15) is 9.90 Å². The lowest BCUT2D eigenvalue weighted by atomic mass is 9.44. The highest BCUT2D eigenvalue weighted by atomic mass is 16.5. The largest absolute Gasteiger partial charge is 0.390 e. The van der Waals surface area contributed by atoms with Gasteiger partial charge in [0, 0.05) is 19.4 Å². The molecular formula is C22H36O3. The first kappa shape index (κ1) is 18.0. The molecule has 0 aromatic heterocycles. The van der Waals surface area contributed by atoms with E-state index < -0.39 is 5.60 Å². The number of carbonyl (C=O) groups is 1. The van der Waals surface area contributed by atoms with Crippen molar-refractivity contribution in [1.82, 2.24) is 0 Å². The molecule has 4 aliphatic rings. The van der Waals surface area contributed by atoms with Crippen molar-refractivity contribution in [3.05, 3.63) is 0 Å². The number of ketones is 1. The Morgan fingerprint density at radius 3 is 2.52 bits per heavy atom. The summed E-state index contributed by atoms with van der Waals surface area (Å²) in [5.74, 6) is 3.24. The molecule has 1 N–H and O–H groups in total. The number of carbonyl (C=O) groups excluding carboxylic acids is 1. The molecule has 25 heavy (non-hydrogen) atoms. The maximum absolute atomic E-state index is 12.5. The van der Waals surface area contributed by atoms with Crippen LogP contribution in [0.15, 0.2) is 0 Å². The van der Waals surface area contributed by atoms with Crippen LogP contribution in [-0.2, 0) is 9.53 Å². The highest BCUT2D eigenvalue weighted by Crippen LogP contribution is 2.68. The molecule has 4 fully saturated rings. The third-order valence-corrected chi connectivity index (χ3v) is 9.58. The monoisotopic (exact) mass is 348 g/mol. The highest BCUT2D eigenvalue weighted by molar-refractivity contribution is 5.82. The molecule has 142 valence electrons. The number of rotatable bonds is 2. The van der Waals surface area contributed by atoms with E-state index in [1.807, 2.05) is 0 Å². The number of methoxy groups -OCH3 is 1. The average molecular weight is 349 g/mol. The maximum atomic E-state index is 12.5. The molecule has 4 saturated carbocycles. The van der Waals surface area contributed by atoms with Gasteiger partial charge in [-0.15, -0.1) is 0 Å². The molecule has 0 radical (unpaired) electrons. The third-order valence-electron chi connectivity index (χ3n) is 9.58. The second-order valence-corrected chi connectivity index (χ2v) is 10.5. The summed E-state index contributed by atoms with van der Waals surface area (Å²) in [7, 11) is 1.72. The van der Waals surface area contributed by atoms with E-state index in [4.69, 9.17) is 4.74 Å². The predicted molar refractivity (Wildman–Crippen MR) is 98.1 cm³/mol. The second-order valence-electron chi connectivity index (χ2n) is 10.5. The lowest BCUT2D eigenvalue weighted by molar-refractivity contribution is -0.161. The van der Waals surface area contributed by atoms with E-state index in [1.165, 1.54) is 25.7 Å². The Hall–Kier alpha value is -0.410. The van der Waals surface area contributed by atoms with Crippen molar-refractivity contribution >= 4 is 5.78 Å². The van der Waals surface area contributed by atoms with Crippen LogP contribution in [0, 0.1) is 40.4 Å². The van der Waals surface area contributed by atoms with E-state index >= 15 is 0 Å². The van der Waals surface area contributed by atoms with Crippen molar-refractivity contribution < 1.29 is 14.6 Å². The van der Waals surface area contributed by atoms with Crippen LogP contribution in [-0.4, -0.2) is 30.2 Å². The van der Waals surface area contributed by atoms with E-state index in [-0.39, 0.29) is 16.7 Å². The molecule has 0 heterocycles. The molecule has 0 aliphatic heterocycles. The highest BCUT2D eigenvalue weighted by Gasteiger charge is 2.63. The number of aliphatic hydroxyl groups is 1. The van der Waals surface area contributed by atoms with Crippen LogP contribution in [0.25, 0.3) is 0 Å². The van der Waals surface area contributed by atoms with Gasteiger partial charge in [0.15, 0.2) is 0 Å². The lowest BCUT2D eigenvalue weighted by Gasteiger charge is -2.61. The van der Waals surface area contributed by atoms with Gasteiger partial charge < -0.3 is 9.84 Å². The van der Waals surface area contributed by atoms with Crippen LogP contribution in [0.1, 0.15) is 72.1 Å². The van der Waals surface area contributed by atoms with E-state index in [1.54, 1.807) is 7.11 Å². The fourth-order valence-electron chi connectivity index (χ4n) is 7.84.